The van der Waals surface area contributed by atoms with Gasteiger partial charge in [-0.05, 0) is 51.4 Å². The highest BCUT2D eigenvalue weighted by Crippen LogP contribution is 2.38. The number of carbonyl (C=O) groups is 1. The minimum Gasteiger partial charge on any atom is -0.501 e. The fourth-order valence-corrected chi connectivity index (χ4v) is 2.97. The SMILES string of the molecule is CCOC1(C(=O)C2=COCCC2)CCC(C)CC1. The summed E-state index contributed by atoms with van der Waals surface area (Å²) in [6.07, 6.45) is 7.32. The van der Waals surface area contributed by atoms with Gasteiger partial charge >= 0.3 is 0 Å². The lowest BCUT2D eigenvalue weighted by Crippen LogP contribution is -2.45. The molecule has 2 aliphatic rings. The summed E-state index contributed by atoms with van der Waals surface area (Å²) in [6, 6.07) is 0. The first kappa shape index (κ1) is 13.6. The van der Waals surface area contributed by atoms with Crippen molar-refractivity contribution in [2.75, 3.05) is 13.2 Å². The van der Waals surface area contributed by atoms with Gasteiger partial charge in [0.2, 0.25) is 0 Å². The van der Waals surface area contributed by atoms with E-state index in [0.717, 1.165) is 50.7 Å². The number of ketones is 1. The highest BCUT2D eigenvalue weighted by atomic mass is 16.5. The topological polar surface area (TPSA) is 35.5 Å². The molecule has 1 heterocycles. The van der Waals surface area contributed by atoms with E-state index in [2.05, 4.69) is 6.92 Å². The van der Waals surface area contributed by atoms with Crippen molar-refractivity contribution in [3.63, 3.8) is 0 Å². The number of carbonyl (C=O) groups excluding carboxylic acids is 1. The Morgan fingerprint density at radius 3 is 2.78 bits per heavy atom. The van der Waals surface area contributed by atoms with Gasteiger partial charge in [0.1, 0.15) is 5.60 Å². The molecule has 0 unspecified atom stereocenters. The van der Waals surface area contributed by atoms with Gasteiger partial charge in [-0.25, -0.2) is 0 Å². The Kier molecular flexibility index (Phi) is 4.44. The Hall–Kier alpha value is -0.830. The molecule has 0 aromatic carbocycles. The van der Waals surface area contributed by atoms with Crippen LogP contribution in [0.3, 0.4) is 0 Å². The van der Waals surface area contributed by atoms with Crippen LogP contribution < -0.4 is 0 Å². The van der Waals surface area contributed by atoms with Crippen molar-refractivity contribution in [2.24, 2.45) is 5.92 Å². The second kappa shape index (κ2) is 5.87. The van der Waals surface area contributed by atoms with Gasteiger partial charge in [0, 0.05) is 12.2 Å². The van der Waals surface area contributed by atoms with Crippen LogP contribution in [0.5, 0.6) is 0 Å². The molecule has 0 aromatic rings. The van der Waals surface area contributed by atoms with Crippen LogP contribution in [0, 0.1) is 5.92 Å². The molecule has 0 bridgehead atoms. The lowest BCUT2D eigenvalue weighted by Gasteiger charge is -2.38. The molecular weight excluding hydrogens is 228 g/mol. The summed E-state index contributed by atoms with van der Waals surface area (Å²) in [5.74, 6) is 0.888. The Labute approximate surface area is 110 Å². The van der Waals surface area contributed by atoms with Gasteiger partial charge in [0.25, 0.3) is 0 Å². The summed E-state index contributed by atoms with van der Waals surface area (Å²) in [7, 11) is 0. The third-order valence-electron chi connectivity index (χ3n) is 4.14. The van der Waals surface area contributed by atoms with Gasteiger partial charge in [0.05, 0.1) is 12.9 Å². The predicted molar refractivity (Wildman–Crippen MR) is 70.3 cm³/mol. The molecule has 0 spiro atoms. The molecule has 0 aromatic heterocycles. The first-order chi connectivity index (χ1) is 8.68. The monoisotopic (exact) mass is 252 g/mol. The first-order valence-corrected chi connectivity index (χ1v) is 7.17. The van der Waals surface area contributed by atoms with Crippen LogP contribution in [0.4, 0.5) is 0 Å². The summed E-state index contributed by atoms with van der Waals surface area (Å²) >= 11 is 0. The number of hydrogen-bond donors (Lipinski definition) is 0. The maximum Gasteiger partial charge on any atom is 0.193 e. The van der Waals surface area contributed by atoms with Crippen LogP contribution in [0.1, 0.15) is 52.4 Å². The molecule has 0 radical (unpaired) electrons. The zero-order valence-corrected chi connectivity index (χ0v) is 11.5. The van der Waals surface area contributed by atoms with Crippen molar-refractivity contribution in [3.8, 4) is 0 Å². The van der Waals surface area contributed by atoms with Gasteiger partial charge < -0.3 is 9.47 Å². The lowest BCUT2D eigenvalue weighted by molar-refractivity contribution is -0.146. The molecule has 3 nitrogen and oxygen atoms in total. The zero-order valence-electron chi connectivity index (χ0n) is 11.5. The minimum absolute atomic E-state index is 0.177. The van der Waals surface area contributed by atoms with Crippen molar-refractivity contribution in [1.82, 2.24) is 0 Å². The van der Waals surface area contributed by atoms with E-state index in [1.165, 1.54) is 0 Å². The predicted octanol–water partition coefficient (Wildman–Crippen LogP) is 3.24. The summed E-state index contributed by atoms with van der Waals surface area (Å²) in [6.45, 7) is 5.56. The van der Waals surface area contributed by atoms with Gasteiger partial charge in [-0.2, -0.15) is 0 Å². The molecule has 0 atom stereocenters. The maximum atomic E-state index is 12.7. The third kappa shape index (κ3) is 2.77. The molecule has 0 saturated heterocycles. The zero-order chi connectivity index (χ0) is 13.0. The second-order valence-corrected chi connectivity index (χ2v) is 5.56. The maximum absolute atomic E-state index is 12.7. The van der Waals surface area contributed by atoms with Crippen molar-refractivity contribution < 1.29 is 14.3 Å². The van der Waals surface area contributed by atoms with Crippen molar-refractivity contribution in [2.45, 2.75) is 58.0 Å². The molecule has 2 rings (SSSR count). The summed E-state index contributed by atoms with van der Waals surface area (Å²) < 4.78 is 11.2. The van der Waals surface area contributed by atoms with E-state index in [1.807, 2.05) is 6.92 Å². The molecule has 1 fully saturated rings. The third-order valence-corrected chi connectivity index (χ3v) is 4.14. The fourth-order valence-electron chi connectivity index (χ4n) is 2.97. The van der Waals surface area contributed by atoms with Crippen molar-refractivity contribution >= 4 is 5.78 Å². The number of rotatable bonds is 4. The number of Topliss-reactive ketones (excluding diaryl/α,β-unsaturated/α-hetero) is 1. The normalized spacial score (nSPS) is 32.6. The highest BCUT2D eigenvalue weighted by Gasteiger charge is 2.43. The van der Waals surface area contributed by atoms with E-state index >= 15 is 0 Å². The van der Waals surface area contributed by atoms with Crippen molar-refractivity contribution in [1.29, 1.82) is 0 Å². The number of ether oxygens (including phenoxy) is 2. The molecule has 1 aliphatic carbocycles. The van der Waals surface area contributed by atoms with E-state index in [-0.39, 0.29) is 5.78 Å². The molecule has 102 valence electrons. The molecular formula is C15H24O3. The summed E-state index contributed by atoms with van der Waals surface area (Å²) in [5, 5.41) is 0. The Morgan fingerprint density at radius 2 is 2.22 bits per heavy atom. The van der Waals surface area contributed by atoms with Crippen LogP contribution >= 0.6 is 0 Å². The highest BCUT2D eigenvalue weighted by molar-refractivity contribution is 6.01. The molecule has 18 heavy (non-hydrogen) atoms. The standard InChI is InChI=1S/C15H24O3/c1-3-18-15(8-6-12(2)7-9-15)14(16)13-5-4-10-17-11-13/h11-12H,3-10H2,1-2H3. The van der Waals surface area contributed by atoms with E-state index in [9.17, 15) is 4.79 Å². The quantitative estimate of drug-likeness (QED) is 0.770. The average Bonchev–Trinajstić information content (AvgIpc) is 2.42. The Morgan fingerprint density at radius 1 is 1.50 bits per heavy atom. The fraction of sp³-hybridized carbons (Fsp3) is 0.800. The minimum atomic E-state index is -0.562. The molecule has 1 saturated carbocycles. The van der Waals surface area contributed by atoms with Crippen LogP contribution in [0.25, 0.3) is 0 Å². The second-order valence-electron chi connectivity index (χ2n) is 5.56. The van der Waals surface area contributed by atoms with E-state index in [0.29, 0.717) is 12.5 Å². The van der Waals surface area contributed by atoms with Gasteiger partial charge in [-0.15, -0.1) is 0 Å². The molecule has 0 amide bonds. The molecule has 1 aliphatic heterocycles. The van der Waals surface area contributed by atoms with Crippen LogP contribution in [0.15, 0.2) is 11.8 Å². The Bertz CT molecular complexity index is 325. The largest absolute Gasteiger partial charge is 0.501 e. The van der Waals surface area contributed by atoms with Crippen LogP contribution in [0.2, 0.25) is 0 Å². The smallest absolute Gasteiger partial charge is 0.193 e. The van der Waals surface area contributed by atoms with Crippen LogP contribution in [-0.2, 0) is 14.3 Å². The average molecular weight is 252 g/mol. The van der Waals surface area contributed by atoms with E-state index in [4.69, 9.17) is 9.47 Å². The van der Waals surface area contributed by atoms with E-state index in [1.54, 1.807) is 6.26 Å². The lowest BCUT2D eigenvalue weighted by atomic mass is 9.75. The Balaban J connectivity index is 2.13. The van der Waals surface area contributed by atoms with Gasteiger partial charge in [0.15, 0.2) is 5.78 Å². The van der Waals surface area contributed by atoms with E-state index < -0.39 is 5.60 Å². The summed E-state index contributed by atoms with van der Waals surface area (Å²) in [5.41, 5.74) is 0.262. The van der Waals surface area contributed by atoms with Crippen LogP contribution in [-0.4, -0.2) is 24.6 Å². The van der Waals surface area contributed by atoms with Gasteiger partial charge in [-0.3, -0.25) is 4.79 Å². The summed E-state index contributed by atoms with van der Waals surface area (Å²) in [4.78, 5) is 12.7. The first-order valence-electron chi connectivity index (χ1n) is 7.17. The van der Waals surface area contributed by atoms with Crippen molar-refractivity contribution in [3.05, 3.63) is 11.8 Å². The number of hydrogen-bond acceptors (Lipinski definition) is 3. The molecule has 0 N–H and O–H groups in total. The van der Waals surface area contributed by atoms with Gasteiger partial charge in [-0.1, -0.05) is 6.92 Å². The molecule has 3 heteroatoms.